The first-order valence-electron chi connectivity index (χ1n) is 7.47. The van der Waals surface area contributed by atoms with Gasteiger partial charge >= 0.3 is 0 Å². The molecule has 1 fully saturated rings. The Balaban J connectivity index is 1.62. The Labute approximate surface area is 135 Å². The second-order valence-corrected chi connectivity index (χ2v) is 6.03. The summed E-state index contributed by atoms with van der Waals surface area (Å²) in [7, 11) is 0. The molecule has 1 saturated heterocycles. The van der Waals surface area contributed by atoms with Crippen molar-refractivity contribution in [1.82, 2.24) is 14.9 Å². The van der Waals surface area contributed by atoms with Gasteiger partial charge in [-0.3, -0.25) is 4.90 Å². The van der Waals surface area contributed by atoms with Crippen LogP contribution in [0.15, 0.2) is 36.4 Å². The topological polar surface area (TPSA) is 67.1 Å². The first-order chi connectivity index (χ1) is 10.6. The summed E-state index contributed by atoms with van der Waals surface area (Å²) in [5.41, 5.74) is 6.97. The van der Waals surface area contributed by atoms with Gasteiger partial charge < -0.3 is 11.1 Å². The third-order valence-corrected chi connectivity index (χ3v) is 4.31. The van der Waals surface area contributed by atoms with Gasteiger partial charge in [-0.1, -0.05) is 41.9 Å². The van der Waals surface area contributed by atoms with Crippen LogP contribution in [0.2, 0.25) is 5.15 Å². The zero-order valence-corrected chi connectivity index (χ0v) is 13.3. The molecular weight excluding hydrogens is 298 g/mol. The molecule has 5 nitrogen and oxygen atoms in total. The lowest BCUT2D eigenvalue weighted by atomic mass is 10.1. The highest BCUT2D eigenvalue weighted by Crippen LogP contribution is 2.26. The van der Waals surface area contributed by atoms with Crippen LogP contribution in [0.5, 0.6) is 0 Å². The molecule has 1 aromatic heterocycles. The van der Waals surface area contributed by atoms with Crippen molar-refractivity contribution in [2.75, 3.05) is 24.1 Å². The van der Waals surface area contributed by atoms with E-state index in [2.05, 4.69) is 51.4 Å². The Hall–Kier alpha value is -1.85. The Morgan fingerprint density at radius 1 is 1.32 bits per heavy atom. The number of hydrogen-bond donors (Lipinski definition) is 2. The fourth-order valence-electron chi connectivity index (χ4n) is 2.92. The lowest BCUT2D eigenvalue weighted by Gasteiger charge is -2.25. The second kappa shape index (κ2) is 6.50. The fourth-order valence-corrected chi connectivity index (χ4v) is 3.11. The molecule has 1 aliphatic rings. The summed E-state index contributed by atoms with van der Waals surface area (Å²) in [6.07, 6.45) is 1.07. The summed E-state index contributed by atoms with van der Waals surface area (Å²) >= 11 is 5.91. The number of nitrogens with one attached hydrogen (secondary N) is 1. The number of anilines is 2. The smallest absolute Gasteiger partial charge is 0.223 e. The number of rotatable bonds is 4. The van der Waals surface area contributed by atoms with Crippen LogP contribution >= 0.6 is 11.6 Å². The Morgan fingerprint density at radius 2 is 2.09 bits per heavy atom. The molecule has 0 amide bonds. The third-order valence-electron chi connectivity index (χ3n) is 4.11. The number of nitrogens with two attached hydrogens (primary N) is 1. The van der Waals surface area contributed by atoms with Crippen LogP contribution in [0.3, 0.4) is 0 Å². The zero-order chi connectivity index (χ0) is 15.5. The van der Waals surface area contributed by atoms with Crippen molar-refractivity contribution in [3.8, 4) is 0 Å². The molecule has 116 valence electrons. The van der Waals surface area contributed by atoms with Crippen molar-refractivity contribution in [2.45, 2.75) is 25.4 Å². The molecule has 0 bridgehead atoms. The molecule has 0 saturated carbocycles. The minimum absolute atomic E-state index is 0.197. The highest BCUT2D eigenvalue weighted by Gasteiger charge is 2.26. The molecule has 0 radical (unpaired) electrons. The zero-order valence-electron chi connectivity index (χ0n) is 12.5. The molecule has 3 N–H and O–H groups in total. The summed E-state index contributed by atoms with van der Waals surface area (Å²) in [6, 6.07) is 13.0. The van der Waals surface area contributed by atoms with E-state index in [1.165, 1.54) is 5.56 Å². The minimum atomic E-state index is 0.197. The van der Waals surface area contributed by atoms with Crippen LogP contribution in [0.25, 0.3) is 0 Å². The van der Waals surface area contributed by atoms with Gasteiger partial charge in [0.25, 0.3) is 0 Å². The molecule has 2 aromatic rings. The number of likely N-dealkylation sites (tertiary alicyclic amines) is 1. The molecule has 1 aliphatic heterocycles. The van der Waals surface area contributed by atoms with Gasteiger partial charge in [-0.15, -0.1) is 0 Å². The van der Waals surface area contributed by atoms with Crippen LogP contribution in [0, 0.1) is 0 Å². The standard InChI is InChI=1S/C16H20ClN5/c1-11(12-5-3-2-4-6-12)22-8-7-13(10-22)19-15-9-14(17)20-16(18)21-15/h2-6,9,11,13H,7-8,10H2,1H3,(H3,18,19,20,21)/t11-,13+/m1/s1. The first kappa shape index (κ1) is 15.1. The summed E-state index contributed by atoms with van der Waals surface area (Å²) < 4.78 is 0. The Morgan fingerprint density at radius 3 is 2.82 bits per heavy atom. The van der Waals surface area contributed by atoms with Gasteiger partial charge in [-0.25, -0.2) is 4.98 Å². The molecule has 2 heterocycles. The average molecular weight is 318 g/mol. The molecule has 0 aliphatic carbocycles. The van der Waals surface area contributed by atoms with Gasteiger partial charge in [-0.2, -0.15) is 4.98 Å². The lowest BCUT2D eigenvalue weighted by Crippen LogP contribution is -2.28. The average Bonchev–Trinajstić information content (AvgIpc) is 2.95. The highest BCUT2D eigenvalue weighted by molar-refractivity contribution is 6.29. The molecular formula is C16H20ClN5. The SMILES string of the molecule is C[C@H](c1ccccc1)N1CC[C@H](Nc2cc(Cl)nc(N)n2)C1. The van der Waals surface area contributed by atoms with Crippen molar-refractivity contribution in [2.24, 2.45) is 0 Å². The van der Waals surface area contributed by atoms with Gasteiger partial charge in [0.1, 0.15) is 11.0 Å². The second-order valence-electron chi connectivity index (χ2n) is 5.65. The maximum absolute atomic E-state index is 5.91. The number of nitrogen functional groups attached to an aromatic ring is 1. The predicted molar refractivity (Wildman–Crippen MR) is 89.9 cm³/mol. The van der Waals surface area contributed by atoms with Gasteiger partial charge in [0.2, 0.25) is 5.95 Å². The lowest BCUT2D eigenvalue weighted by molar-refractivity contribution is 0.261. The molecule has 0 spiro atoms. The van der Waals surface area contributed by atoms with E-state index in [-0.39, 0.29) is 5.95 Å². The first-order valence-corrected chi connectivity index (χ1v) is 7.85. The normalized spacial score (nSPS) is 20.0. The number of nitrogens with zero attached hydrogens (tertiary/aromatic N) is 3. The largest absolute Gasteiger partial charge is 0.368 e. The van der Waals surface area contributed by atoms with Crippen molar-refractivity contribution in [3.05, 3.63) is 47.1 Å². The molecule has 2 atom stereocenters. The minimum Gasteiger partial charge on any atom is -0.368 e. The molecule has 3 rings (SSSR count). The summed E-state index contributed by atoms with van der Waals surface area (Å²) in [6.45, 7) is 4.27. The number of halogens is 1. The van der Waals surface area contributed by atoms with E-state index in [0.717, 1.165) is 19.5 Å². The van der Waals surface area contributed by atoms with E-state index in [9.17, 15) is 0 Å². The van der Waals surface area contributed by atoms with Crippen LogP contribution in [-0.2, 0) is 0 Å². The number of aromatic nitrogens is 2. The van der Waals surface area contributed by atoms with Crippen molar-refractivity contribution >= 4 is 23.4 Å². The number of hydrogen-bond acceptors (Lipinski definition) is 5. The predicted octanol–water partition coefficient (Wildman–Crippen LogP) is 2.96. The van der Waals surface area contributed by atoms with Gasteiger partial charge in [0.05, 0.1) is 0 Å². The van der Waals surface area contributed by atoms with Crippen LogP contribution in [0.1, 0.15) is 24.9 Å². The highest BCUT2D eigenvalue weighted by atomic mass is 35.5. The van der Waals surface area contributed by atoms with E-state index in [1.54, 1.807) is 6.07 Å². The van der Waals surface area contributed by atoms with Crippen LogP contribution in [0.4, 0.5) is 11.8 Å². The van der Waals surface area contributed by atoms with Crippen LogP contribution < -0.4 is 11.1 Å². The van der Waals surface area contributed by atoms with Gasteiger partial charge in [0, 0.05) is 31.2 Å². The van der Waals surface area contributed by atoms with E-state index in [1.807, 2.05) is 6.07 Å². The van der Waals surface area contributed by atoms with E-state index in [0.29, 0.717) is 23.1 Å². The summed E-state index contributed by atoms with van der Waals surface area (Å²) in [4.78, 5) is 10.5. The van der Waals surface area contributed by atoms with Gasteiger partial charge in [0.15, 0.2) is 0 Å². The fraction of sp³-hybridized carbons (Fsp3) is 0.375. The maximum atomic E-state index is 5.91. The molecule has 6 heteroatoms. The van der Waals surface area contributed by atoms with Crippen molar-refractivity contribution < 1.29 is 0 Å². The summed E-state index contributed by atoms with van der Waals surface area (Å²) in [5.74, 6) is 0.888. The molecule has 0 unspecified atom stereocenters. The monoisotopic (exact) mass is 317 g/mol. The number of benzene rings is 1. The third kappa shape index (κ3) is 3.48. The Bertz CT molecular complexity index is 613. The quantitative estimate of drug-likeness (QED) is 0.849. The van der Waals surface area contributed by atoms with E-state index < -0.39 is 0 Å². The van der Waals surface area contributed by atoms with E-state index >= 15 is 0 Å². The summed E-state index contributed by atoms with van der Waals surface area (Å²) in [5, 5.41) is 3.77. The maximum Gasteiger partial charge on any atom is 0.223 e. The Kier molecular flexibility index (Phi) is 4.45. The van der Waals surface area contributed by atoms with Gasteiger partial charge in [-0.05, 0) is 18.9 Å². The van der Waals surface area contributed by atoms with Crippen LogP contribution in [-0.4, -0.2) is 34.0 Å². The van der Waals surface area contributed by atoms with E-state index in [4.69, 9.17) is 17.3 Å². The van der Waals surface area contributed by atoms with Crippen molar-refractivity contribution in [3.63, 3.8) is 0 Å². The van der Waals surface area contributed by atoms with Crippen molar-refractivity contribution in [1.29, 1.82) is 0 Å². The molecule has 1 aromatic carbocycles. The molecule has 22 heavy (non-hydrogen) atoms.